The molecule has 2 fully saturated rings. The second kappa shape index (κ2) is 9.32. The van der Waals surface area contributed by atoms with Crippen molar-refractivity contribution in [2.45, 2.75) is 31.5 Å². The summed E-state index contributed by atoms with van der Waals surface area (Å²) in [6.45, 7) is 1.70. The molecule has 0 aliphatic carbocycles. The molecule has 1 spiro atoms. The van der Waals surface area contributed by atoms with Gasteiger partial charge < -0.3 is 25.5 Å². The SMILES string of the molecule is Cn1c(=O)[nH]cc(C(=O)NCC2CC3(CCNCC3)C(=O)O2)c1=O.O=C(O)C(F)(F)F. The molecule has 1 aromatic rings. The van der Waals surface area contributed by atoms with Crippen LogP contribution in [0.4, 0.5) is 13.2 Å². The van der Waals surface area contributed by atoms with E-state index in [4.69, 9.17) is 14.6 Å². The van der Waals surface area contributed by atoms with Gasteiger partial charge in [-0.2, -0.15) is 13.2 Å². The molecular formula is C17H21F3N4O7. The van der Waals surface area contributed by atoms with E-state index in [0.717, 1.165) is 36.7 Å². The van der Waals surface area contributed by atoms with Crippen molar-refractivity contribution in [3.8, 4) is 0 Å². The lowest BCUT2D eigenvalue weighted by Crippen LogP contribution is -2.41. The molecular weight excluding hydrogens is 429 g/mol. The predicted octanol–water partition coefficient (Wildman–Crippen LogP) is -0.878. The van der Waals surface area contributed by atoms with Gasteiger partial charge in [0.2, 0.25) is 0 Å². The normalized spacial score (nSPS) is 19.9. The van der Waals surface area contributed by atoms with Gasteiger partial charge in [0.05, 0.1) is 12.0 Å². The van der Waals surface area contributed by atoms with E-state index >= 15 is 0 Å². The van der Waals surface area contributed by atoms with Crippen LogP contribution in [-0.2, 0) is 21.4 Å². The van der Waals surface area contributed by atoms with Crippen molar-refractivity contribution in [1.29, 1.82) is 0 Å². The molecule has 2 aliphatic rings. The van der Waals surface area contributed by atoms with Crippen molar-refractivity contribution in [3.63, 3.8) is 0 Å². The highest BCUT2D eigenvalue weighted by atomic mass is 19.4. The molecule has 1 aromatic heterocycles. The first-order valence-corrected chi connectivity index (χ1v) is 9.16. The number of halogens is 3. The third kappa shape index (κ3) is 5.71. The lowest BCUT2D eigenvalue weighted by atomic mass is 9.76. The second-order valence-corrected chi connectivity index (χ2v) is 7.15. The number of piperidine rings is 1. The van der Waals surface area contributed by atoms with E-state index in [1.807, 2.05) is 0 Å². The lowest BCUT2D eigenvalue weighted by molar-refractivity contribution is -0.192. The molecule has 0 radical (unpaired) electrons. The van der Waals surface area contributed by atoms with Crippen LogP contribution in [0.2, 0.25) is 0 Å². The third-order valence-electron chi connectivity index (χ3n) is 5.04. The Morgan fingerprint density at radius 3 is 2.42 bits per heavy atom. The van der Waals surface area contributed by atoms with Gasteiger partial charge in [-0.05, 0) is 25.9 Å². The number of amides is 1. The first kappa shape index (κ1) is 24.1. The van der Waals surface area contributed by atoms with Crippen molar-refractivity contribution in [2.24, 2.45) is 12.5 Å². The molecule has 0 bridgehead atoms. The molecule has 2 saturated heterocycles. The number of rotatable bonds is 3. The maximum atomic E-state index is 12.2. The summed E-state index contributed by atoms with van der Waals surface area (Å²) in [5.41, 5.74) is -1.86. The number of ether oxygens (including phenoxy) is 1. The molecule has 0 saturated carbocycles. The van der Waals surface area contributed by atoms with Crippen molar-refractivity contribution >= 4 is 17.8 Å². The number of nitrogens with one attached hydrogen (secondary N) is 3. The number of nitrogens with zero attached hydrogens (tertiary/aromatic N) is 1. The number of H-pyrrole nitrogens is 1. The molecule has 3 heterocycles. The molecule has 0 aromatic carbocycles. The minimum Gasteiger partial charge on any atom is -0.475 e. The average molecular weight is 450 g/mol. The van der Waals surface area contributed by atoms with Gasteiger partial charge in [0.15, 0.2) is 0 Å². The summed E-state index contributed by atoms with van der Waals surface area (Å²) in [6, 6.07) is 0. The number of aromatic nitrogens is 2. The van der Waals surface area contributed by atoms with Crippen LogP contribution in [0.25, 0.3) is 0 Å². The molecule has 1 atom stereocenters. The second-order valence-electron chi connectivity index (χ2n) is 7.15. The first-order chi connectivity index (χ1) is 14.4. The number of aliphatic carboxylic acids is 1. The van der Waals surface area contributed by atoms with Crippen LogP contribution in [-0.4, -0.2) is 64.4 Å². The van der Waals surface area contributed by atoms with Gasteiger partial charge in [0.25, 0.3) is 11.5 Å². The Hall–Kier alpha value is -3.16. The van der Waals surface area contributed by atoms with E-state index in [2.05, 4.69) is 15.6 Å². The Bertz CT molecular complexity index is 964. The summed E-state index contributed by atoms with van der Waals surface area (Å²) in [4.78, 5) is 58.7. The first-order valence-electron chi connectivity index (χ1n) is 9.16. The van der Waals surface area contributed by atoms with Gasteiger partial charge in [-0.15, -0.1) is 0 Å². The van der Waals surface area contributed by atoms with Gasteiger partial charge >= 0.3 is 23.8 Å². The number of carboxylic acids is 1. The lowest BCUT2D eigenvalue weighted by Gasteiger charge is -2.29. The zero-order valence-corrected chi connectivity index (χ0v) is 16.4. The zero-order valence-electron chi connectivity index (χ0n) is 16.4. The quantitative estimate of drug-likeness (QED) is 0.432. The van der Waals surface area contributed by atoms with Crippen LogP contribution in [0.3, 0.4) is 0 Å². The molecule has 11 nitrogen and oxygen atoms in total. The highest BCUT2D eigenvalue weighted by Gasteiger charge is 2.49. The predicted molar refractivity (Wildman–Crippen MR) is 97.4 cm³/mol. The fourth-order valence-electron chi connectivity index (χ4n) is 3.29. The Balaban J connectivity index is 0.000000423. The van der Waals surface area contributed by atoms with Crippen LogP contribution in [0.15, 0.2) is 15.8 Å². The van der Waals surface area contributed by atoms with E-state index in [1.165, 1.54) is 7.05 Å². The Kier molecular flexibility index (Phi) is 7.25. The largest absolute Gasteiger partial charge is 0.490 e. The maximum Gasteiger partial charge on any atom is 0.490 e. The molecule has 4 N–H and O–H groups in total. The van der Waals surface area contributed by atoms with E-state index < -0.39 is 40.8 Å². The zero-order chi connectivity index (χ0) is 23.4. The van der Waals surface area contributed by atoms with Crippen molar-refractivity contribution < 1.29 is 37.4 Å². The maximum absolute atomic E-state index is 12.2. The van der Waals surface area contributed by atoms with Crippen LogP contribution in [0, 0.1) is 5.41 Å². The highest BCUT2D eigenvalue weighted by Crippen LogP contribution is 2.41. The minimum atomic E-state index is -5.08. The van der Waals surface area contributed by atoms with E-state index in [0.29, 0.717) is 6.42 Å². The molecule has 3 rings (SSSR count). The average Bonchev–Trinajstić information content (AvgIpc) is 2.99. The number of cyclic esters (lactones) is 1. The molecule has 14 heteroatoms. The topological polar surface area (TPSA) is 160 Å². The summed E-state index contributed by atoms with van der Waals surface area (Å²) >= 11 is 0. The van der Waals surface area contributed by atoms with Gasteiger partial charge in [-0.1, -0.05) is 0 Å². The molecule has 1 amide bonds. The van der Waals surface area contributed by atoms with Gasteiger partial charge in [-0.3, -0.25) is 19.0 Å². The number of carboxylic acid groups (broad SMARTS) is 1. The summed E-state index contributed by atoms with van der Waals surface area (Å²) in [5.74, 6) is -3.56. The highest BCUT2D eigenvalue weighted by molar-refractivity contribution is 5.93. The van der Waals surface area contributed by atoms with E-state index in [-0.39, 0.29) is 18.1 Å². The molecule has 2 aliphatic heterocycles. The standard InChI is InChI=1S/C15H20N4O5.C2HF3O2/c1-19-12(21)10(8-18-14(19)23)11(20)17-7-9-6-15(13(22)24-9)2-4-16-5-3-15;3-2(4,5)1(6)7/h8-9,16H,2-7H2,1H3,(H,17,20)(H,18,23);(H,6,7). The summed E-state index contributed by atoms with van der Waals surface area (Å²) in [7, 11) is 1.29. The number of alkyl halides is 3. The van der Waals surface area contributed by atoms with Crippen LogP contribution < -0.4 is 21.9 Å². The Morgan fingerprint density at radius 2 is 1.87 bits per heavy atom. The van der Waals surface area contributed by atoms with Crippen LogP contribution in [0.1, 0.15) is 29.6 Å². The number of hydrogen-bond donors (Lipinski definition) is 4. The third-order valence-corrected chi connectivity index (χ3v) is 5.04. The van der Waals surface area contributed by atoms with Gasteiger partial charge in [0.1, 0.15) is 11.7 Å². The van der Waals surface area contributed by atoms with Gasteiger partial charge in [0, 0.05) is 19.7 Å². The van der Waals surface area contributed by atoms with Crippen molar-refractivity contribution in [2.75, 3.05) is 19.6 Å². The number of hydrogen-bond acceptors (Lipinski definition) is 7. The Morgan fingerprint density at radius 1 is 1.29 bits per heavy atom. The van der Waals surface area contributed by atoms with Crippen molar-refractivity contribution in [1.82, 2.24) is 20.2 Å². The number of carbonyl (C=O) groups is 3. The fraction of sp³-hybridized carbons (Fsp3) is 0.588. The monoisotopic (exact) mass is 450 g/mol. The fourth-order valence-corrected chi connectivity index (χ4v) is 3.29. The molecule has 31 heavy (non-hydrogen) atoms. The molecule has 1 unspecified atom stereocenters. The molecule has 172 valence electrons. The van der Waals surface area contributed by atoms with E-state index in [9.17, 15) is 32.3 Å². The number of carbonyl (C=O) groups excluding carboxylic acids is 2. The van der Waals surface area contributed by atoms with Crippen LogP contribution >= 0.6 is 0 Å². The van der Waals surface area contributed by atoms with Crippen molar-refractivity contribution in [3.05, 3.63) is 32.6 Å². The summed E-state index contributed by atoms with van der Waals surface area (Å²) in [6.07, 6.45) is -2.36. The van der Waals surface area contributed by atoms with Crippen LogP contribution in [0.5, 0.6) is 0 Å². The summed E-state index contributed by atoms with van der Waals surface area (Å²) < 4.78 is 38.0. The minimum absolute atomic E-state index is 0.141. The van der Waals surface area contributed by atoms with Gasteiger partial charge in [-0.25, -0.2) is 9.59 Å². The number of aromatic amines is 1. The summed E-state index contributed by atoms with van der Waals surface area (Å²) in [5, 5.41) is 12.9. The Labute approximate surface area is 172 Å². The number of esters is 1. The van der Waals surface area contributed by atoms with E-state index in [1.54, 1.807) is 0 Å². The smallest absolute Gasteiger partial charge is 0.475 e.